The van der Waals surface area contributed by atoms with Crippen LogP contribution in [0.15, 0.2) is 10.7 Å². The summed E-state index contributed by atoms with van der Waals surface area (Å²) in [5.41, 5.74) is 5.47. The van der Waals surface area contributed by atoms with E-state index in [2.05, 4.69) is 4.98 Å². The summed E-state index contributed by atoms with van der Waals surface area (Å²) in [4.78, 5) is 17.6. The number of carbonyl (C=O) groups is 1. The molecule has 1 aromatic rings. The molecule has 1 amide bonds. The fourth-order valence-electron chi connectivity index (χ4n) is 2.27. The number of oxazole rings is 1. The van der Waals surface area contributed by atoms with E-state index in [0.717, 1.165) is 4.31 Å². The Morgan fingerprint density at radius 1 is 1.55 bits per heavy atom. The van der Waals surface area contributed by atoms with Gasteiger partial charge in [0, 0.05) is 33.1 Å². The van der Waals surface area contributed by atoms with Gasteiger partial charge in [-0.1, -0.05) is 0 Å². The fourth-order valence-corrected chi connectivity index (χ4v) is 3.43. The smallest absolute Gasteiger partial charge is 0.275 e. The molecular formula is C12H20N4O5S. The molecule has 0 bridgehead atoms. The van der Waals surface area contributed by atoms with Gasteiger partial charge in [-0.25, -0.2) is 17.7 Å². The third-order valence-corrected chi connectivity index (χ3v) is 5.58. The van der Waals surface area contributed by atoms with Crippen LogP contribution < -0.4 is 5.73 Å². The zero-order valence-electron chi connectivity index (χ0n) is 12.5. The van der Waals surface area contributed by atoms with Gasteiger partial charge in [0.2, 0.25) is 15.9 Å². The van der Waals surface area contributed by atoms with Crippen molar-refractivity contribution in [3.63, 3.8) is 0 Å². The number of rotatable bonds is 5. The van der Waals surface area contributed by atoms with Crippen molar-refractivity contribution in [3.8, 4) is 0 Å². The molecule has 1 aliphatic heterocycles. The minimum atomic E-state index is -3.44. The van der Waals surface area contributed by atoms with Crippen molar-refractivity contribution in [1.29, 1.82) is 0 Å². The summed E-state index contributed by atoms with van der Waals surface area (Å²) in [6.07, 6.45) is 0.320. The van der Waals surface area contributed by atoms with E-state index in [4.69, 9.17) is 10.2 Å². The lowest BCUT2D eigenvalue weighted by Gasteiger charge is -2.17. The Kier molecular flexibility index (Phi) is 4.85. The number of aromatic nitrogens is 1. The van der Waals surface area contributed by atoms with Gasteiger partial charge in [0.05, 0.1) is 18.4 Å². The molecule has 0 saturated carbocycles. The van der Waals surface area contributed by atoms with E-state index in [9.17, 15) is 18.3 Å². The van der Waals surface area contributed by atoms with E-state index in [-0.39, 0.29) is 37.0 Å². The van der Waals surface area contributed by atoms with Gasteiger partial charge in [-0.15, -0.1) is 0 Å². The second-order valence-electron chi connectivity index (χ2n) is 5.43. The topological polar surface area (TPSA) is 130 Å². The van der Waals surface area contributed by atoms with Crippen molar-refractivity contribution in [2.75, 3.05) is 32.9 Å². The second kappa shape index (κ2) is 6.32. The zero-order valence-corrected chi connectivity index (χ0v) is 13.3. The normalized spacial score (nSPS) is 22.5. The Hall–Kier alpha value is -1.49. The standard InChI is InChI=1S/C12H20N4O5S/c1-15(2)22(19,20)7-8-4-16(5-10(8)17)12(18)9-6-21-11(3-13)14-9/h6,8,10,17H,3-5,7,13H2,1-2H3/t8-,10+/m0/s1. The number of amides is 1. The summed E-state index contributed by atoms with van der Waals surface area (Å²) in [5.74, 6) is -0.906. The Morgan fingerprint density at radius 3 is 2.77 bits per heavy atom. The first-order valence-electron chi connectivity index (χ1n) is 6.76. The van der Waals surface area contributed by atoms with Crippen LogP contribution in [-0.2, 0) is 16.6 Å². The molecule has 2 heterocycles. The van der Waals surface area contributed by atoms with E-state index in [1.165, 1.54) is 25.3 Å². The van der Waals surface area contributed by atoms with Crippen molar-refractivity contribution >= 4 is 15.9 Å². The summed E-state index contributed by atoms with van der Waals surface area (Å²) in [6.45, 7) is 0.300. The van der Waals surface area contributed by atoms with Gasteiger partial charge in [-0.3, -0.25) is 4.79 Å². The van der Waals surface area contributed by atoms with Gasteiger partial charge >= 0.3 is 0 Å². The number of hydrogen-bond acceptors (Lipinski definition) is 7. The Morgan fingerprint density at radius 2 is 2.23 bits per heavy atom. The summed E-state index contributed by atoms with van der Waals surface area (Å²) < 4.78 is 29.9. The molecule has 124 valence electrons. The molecule has 0 radical (unpaired) electrons. The highest BCUT2D eigenvalue weighted by molar-refractivity contribution is 7.89. The first-order valence-corrected chi connectivity index (χ1v) is 8.37. The number of aliphatic hydroxyl groups excluding tert-OH is 1. The SMILES string of the molecule is CN(C)S(=O)(=O)C[C@@H]1CN(C(=O)c2coc(CN)n2)C[C@H]1O. The molecule has 0 aromatic carbocycles. The van der Waals surface area contributed by atoms with Gasteiger partial charge < -0.3 is 20.2 Å². The summed E-state index contributed by atoms with van der Waals surface area (Å²) in [5, 5.41) is 10.0. The number of hydrogen-bond donors (Lipinski definition) is 2. The minimum Gasteiger partial charge on any atom is -0.447 e. The van der Waals surface area contributed by atoms with Crippen molar-refractivity contribution in [1.82, 2.24) is 14.2 Å². The maximum atomic E-state index is 12.3. The molecule has 1 saturated heterocycles. The molecule has 0 unspecified atom stereocenters. The first-order chi connectivity index (χ1) is 10.2. The third kappa shape index (κ3) is 3.46. The summed E-state index contributed by atoms with van der Waals surface area (Å²) in [7, 11) is -0.576. The molecule has 9 nitrogen and oxygen atoms in total. The number of carbonyl (C=O) groups excluding carboxylic acids is 1. The molecule has 3 N–H and O–H groups in total. The third-order valence-electron chi connectivity index (χ3n) is 3.62. The molecule has 22 heavy (non-hydrogen) atoms. The van der Waals surface area contributed by atoms with Crippen LogP contribution in [0.25, 0.3) is 0 Å². The van der Waals surface area contributed by atoms with E-state index in [1.54, 1.807) is 0 Å². The maximum Gasteiger partial charge on any atom is 0.275 e. The van der Waals surface area contributed by atoms with Crippen LogP contribution in [0, 0.1) is 5.92 Å². The number of β-amino-alcohol motifs (C(OH)–C–C–N with tert-alkyl or cyclic N) is 1. The van der Waals surface area contributed by atoms with Crippen LogP contribution in [0.5, 0.6) is 0 Å². The average molecular weight is 332 g/mol. The lowest BCUT2D eigenvalue weighted by Crippen LogP contribution is -2.33. The number of nitrogens with two attached hydrogens (primary N) is 1. The highest BCUT2D eigenvalue weighted by Gasteiger charge is 2.38. The largest absolute Gasteiger partial charge is 0.447 e. The average Bonchev–Trinajstić information content (AvgIpc) is 3.05. The predicted molar refractivity (Wildman–Crippen MR) is 77.3 cm³/mol. The molecular weight excluding hydrogens is 312 g/mol. The second-order valence-corrected chi connectivity index (χ2v) is 7.66. The van der Waals surface area contributed by atoms with Crippen LogP contribution in [-0.4, -0.2) is 72.7 Å². The van der Waals surface area contributed by atoms with E-state index >= 15 is 0 Å². The molecule has 0 aliphatic carbocycles. The Labute approximate surface area is 128 Å². The first kappa shape index (κ1) is 16.9. The molecule has 2 atom stereocenters. The monoisotopic (exact) mass is 332 g/mol. The van der Waals surface area contributed by atoms with Gasteiger partial charge in [0.15, 0.2) is 5.69 Å². The highest BCUT2D eigenvalue weighted by Crippen LogP contribution is 2.21. The Balaban J connectivity index is 2.05. The molecule has 1 aliphatic rings. The number of sulfonamides is 1. The number of aliphatic hydroxyl groups is 1. The van der Waals surface area contributed by atoms with Crippen molar-refractivity contribution in [2.24, 2.45) is 11.7 Å². The lowest BCUT2D eigenvalue weighted by molar-refractivity contribution is 0.0759. The van der Waals surface area contributed by atoms with Crippen LogP contribution in [0.2, 0.25) is 0 Å². The van der Waals surface area contributed by atoms with Crippen LogP contribution in [0.3, 0.4) is 0 Å². The van der Waals surface area contributed by atoms with Gasteiger partial charge in [-0.2, -0.15) is 0 Å². The van der Waals surface area contributed by atoms with Gasteiger partial charge in [0.25, 0.3) is 5.91 Å². The zero-order chi connectivity index (χ0) is 16.5. The molecule has 1 aromatic heterocycles. The molecule has 0 spiro atoms. The molecule has 2 rings (SSSR count). The van der Waals surface area contributed by atoms with Crippen molar-refractivity contribution < 1.29 is 22.7 Å². The fraction of sp³-hybridized carbons (Fsp3) is 0.667. The quantitative estimate of drug-likeness (QED) is 0.668. The minimum absolute atomic E-state index is 0.0667. The van der Waals surface area contributed by atoms with Crippen LogP contribution in [0.1, 0.15) is 16.4 Å². The van der Waals surface area contributed by atoms with Crippen molar-refractivity contribution in [3.05, 3.63) is 17.8 Å². The van der Waals surface area contributed by atoms with Crippen LogP contribution in [0.4, 0.5) is 0 Å². The van der Waals surface area contributed by atoms with Crippen LogP contribution >= 0.6 is 0 Å². The van der Waals surface area contributed by atoms with Gasteiger partial charge in [-0.05, 0) is 0 Å². The van der Waals surface area contributed by atoms with Crippen molar-refractivity contribution in [2.45, 2.75) is 12.6 Å². The lowest BCUT2D eigenvalue weighted by atomic mass is 10.1. The molecule has 1 fully saturated rings. The van der Waals surface area contributed by atoms with E-state index in [1.807, 2.05) is 0 Å². The predicted octanol–water partition coefficient (Wildman–Crippen LogP) is -1.54. The van der Waals surface area contributed by atoms with E-state index in [0.29, 0.717) is 0 Å². The summed E-state index contributed by atoms with van der Waals surface area (Å²) in [6, 6.07) is 0. The highest BCUT2D eigenvalue weighted by atomic mass is 32.2. The maximum absolute atomic E-state index is 12.3. The Bertz CT molecular complexity index is 642. The number of nitrogens with zero attached hydrogens (tertiary/aromatic N) is 3. The summed E-state index contributed by atoms with van der Waals surface area (Å²) >= 11 is 0. The van der Waals surface area contributed by atoms with Gasteiger partial charge in [0.1, 0.15) is 6.26 Å². The number of likely N-dealkylation sites (tertiary alicyclic amines) is 1. The molecule has 10 heteroatoms. The van der Waals surface area contributed by atoms with E-state index < -0.39 is 28.0 Å².